The fourth-order valence-corrected chi connectivity index (χ4v) is 2.44. The van der Waals surface area contributed by atoms with Crippen molar-refractivity contribution in [3.63, 3.8) is 0 Å². The van der Waals surface area contributed by atoms with E-state index < -0.39 is 6.10 Å². The third-order valence-electron chi connectivity index (χ3n) is 3.69. The van der Waals surface area contributed by atoms with Crippen molar-refractivity contribution in [1.29, 1.82) is 0 Å². The Bertz CT molecular complexity index is 559. The number of hydrogen-bond acceptors (Lipinski definition) is 3. The van der Waals surface area contributed by atoms with Gasteiger partial charge in [0.15, 0.2) is 0 Å². The third-order valence-corrected chi connectivity index (χ3v) is 3.94. The van der Waals surface area contributed by atoms with Gasteiger partial charge in [0.2, 0.25) is 0 Å². The molecule has 0 saturated heterocycles. The lowest BCUT2D eigenvalue weighted by atomic mass is 10.0. The van der Waals surface area contributed by atoms with Gasteiger partial charge in [-0.05, 0) is 29.2 Å². The van der Waals surface area contributed by atoms with Crippen LogP contribution in [0.3, 0.4) is 0 Å². The fraction of sp³-hybridized carbons (Fsp3) is 0.368. The number of hydrogen-bond donors (Lipinski definition) is 2. The van der Waals surface area contributed by atoms with Gasteiger partial charge < -0.3 is 15.2 Å². The molecule has 0 radical (unpaired) electrons. The summed E-state index contributed by atoms with van der Waals surface area (Å²) in [6, 6.07) is 17.9. The summed E-state index contributed by atoms with van der Waals surface area (Å²) in [6.07, 6.45) is -0.509. The molecule has 0 aromatic heterocycles. The SMILES string of the molecule is C[C@H](CNC[C@@H](O)COCc1ccc(Cl)cc1)c1ccccc1. The van der Waals surface area contributed by atoms with Crippen LogP contribution in [0, 0.1) is 0 Å². The first kappa shape index (κ1) is 18.0. The number of benzene rings is 2. The molecule has 0 aliphatic carbocycles. The first-order chi connectivity index (χ1) is 11.1. The van der Waals surface area contributed by atoms with E-state index in [1.54, 1.807) is 0 Å². The quantitative estimate of drug-likeness (QED) is 0.736. The minimum Gasteiger partial charge on any atom is -0.389 e. The van der Waals surface area contributed by atoms with Crippen LogP contribution in [0.4, 0.5) is 0 Å². The summed E-state index contributed by atoms with van der Waals surface area (Å²) in [5.41, 5.74) is 2.35. The first-order valence-electron chi connectivity index (χ1n) is 7.91. The Morgan fingerprint density at radius 2 is 1.74 bits per heavy atom. The van der Waals surface area contributed by atoms with Gasteiger partial charge in [-0.2, -0.15) is 0 Å². The van der Waals surface area contributed by atoms with Crippen molar-refractivity contribution in [2.45, 2.75) is 25.6 Å². The van der Waals surface area contributed by atoms with Crippen molar-refractivity contribution in [3.05, 3.63) is 70.7 Å². The first-order valence-corrected chi connectivity index (χ1v) is 8.29. The molecule has 2 aromatic carbocycles. The van der Waals surface area contributed by atoms with E-state index in [4.69, 9.17) is 16.3 Å². The number of halogens is 1. The van der Waals surface area contributed by atoms with Crippen molar-refractivity contribution in [3.8, 4) is 0 Å². The molecule has 2 N–H and O–H groups in total. The van der Waals surface area contributed by atoms with E-state index in [1.807, 2.05) is 42.5 Å². The molecule has 2 rings (SSSR count). The van der Waals surface area contributed by atoms with Crippen LogP contribution in [0.5, 0.6) is 0 Å². The lowest BCUT2D eigenvalue weighted by Crippen LogP contribution is -2.32. The molecule has 124 valence electrons. The van der Waals surface area contributed by atoms with Crippen LogP contribution in [0.25, 0.3) is 0 Å². The molecule has 0 amide bonds. The monoisotopic (exact) mass is 333 g/mol. The zero-order valence-corrected chi connectivity index (χ0v) is 14.2. The standard InChI is InChI=1S/C19H24ClNO2/c1-15(17-5-3-2-4-6-17)11-21-12-19(22)14-23-13-16-7-9-18(20)10-8-16/h2-10,15,19,21-22H,11-14H2,1H3/t15-,19-/m1/s1. The van der Waals surface area contributed by atoms with E-state index in [0.29, 0.717) is 30.7 Å². The average molecular weight is 334 g/mol. The van der Waals surface area contributed by atoms with E-state index in [-0.39, 0.29) is 0 Å². The van der Waals surface area contributed by atoms with E-state index >= 15 is 0 Å². The maximum absolute atomic E-state index is 9.95. The van der Waals surface area contributed by atoms with Gasteiger partial charge in [-0.1, -0.05) is 61.0 Å². The fourth-order valence-electron chi connectivity index (χ4n) is 2.32. The third kappa shape index (κ3) is 6.71. The highest BCUT2D eigenvalue weighted by atomic mass is 35.5. The molecular weight excluding hydrogens is 310 g/mol. The Labute approximate surface area is 143 Å². The van der Waals surface area contributed by atoms with Crippen LogP contribution >= 0.6 is 11.6 Å². The molecule has 4 heteroatoms. The molecule has 0 aliphatic rings. The van der Waals surface area contributed by atoms with E-state index in [1.165, 1.54) is 5.56 Å². The summed E-state index contributed by atoms with van der Waals surface area (Å²) >= 11 is 5.83. The molecule has 0 saturated carbocycles. The zero-order chi connectivity index (χ0) is 16.5. The molecule has 3 nitrogen and oxygen atoms in total. The molecule has 0 bridgehead atoms. The van der Waals surface area contributed by atoms with E-state index in [0.717, 1.165) is 12.1 Å². The average Bonchev–Trinajstić information content (AvgIpc) is 2.57. The number of aliphatic hydroxyl groups excluding tert-OH is 1. The Morgan fingerprint density at radius 3 is 2.43 bits per heavy atom. The highest BCUT2D eigenvalue weighted by molar-refractivity contribution is 6.30. The Hall–Kier alpha value is -1.39. The predicted molar refractivity (Wildman–Crippen MR) is 94.8 cm³/mol. The number of aliphatic hydroxyl groups is 1. The summed E-state index contributed by atoms with van der Waals surface area (Å²) in [5.74, 6) is 0.415. The maximum atomic E-state index is 9.95. The van der Waals surface area contributed by atoms with E-state index in [9.17, 15) is 5.11 Å². The van der Waals surface area contributed by atoms with Gasteiger partial charge >= 0.3 is 0 Å². The van der Waals surface area contributed by atoms with Crippen LogP contribution in [0.1, 0.15) is 24.0 Å². The Kier molecular flexibility index (Phi) is 7.56. The number of nitrogens with one attached hydrogen (secondary N) is 1. The maximum Gasteiger partial charge on any atom is 0.0897 e. The molecular formula is C19H24ClNO2. The van der Waals surface area contributed by atoms with Crippen LogP contribution in [-0.4, -0.2) is 30.9 Å². The second kappa shape index (κ2) is 9.68. The summed E-state index contributed by atoms with van der Waals surface area (Å²) < 4.78 is 5.53. The van der Waals surface area contributed by atoms with E-state index in [2.05, 4.69) is 24.4 Å². The molecule has 0 unspecified atom stereocenters. The van der Waals surface area contributed by atoms with Crippen molar-refractivity contribution < 1.29 is 9.84 Å². The zero-order valence-electron chi connectivity index (χ0n) is 13.4. The second-order valence-electron chi connectivity index (χ2n) is 5.77. The highest BCUT2D eigenvalue weighted by Gasteiger charge is 2.07. The van der Waals surface area contributed by atoms with Crippen molar-refractivity contribution in [1.82, 2.24) is 5.32 Å². The molecule has 2 aromatic rings. The lowest BCUT2D eigenvalue weighted by molar-refractivity contribution is 0.0288. The van der Waals surface area contributed by atoms with Gasteiger partial charge in [0.05, 0.1) is 19.3 Å². The largest absolute Gasteiger partial charge is 0.389 e. The summed E-state index contributed by atoms with van der Waals surface area (Å²) in [6.45, 7) is 4.33. The highest BCUT2D eigenvalue weighted by Crippen LogP contribution is 2.13. The van der Waals surface area contributed by atoms with Crippen LogP contribution in [0.2, 0.25) is 5.02 Å². The molecule has 23 heavy (non-hydrogen) atoms. The van der Waals surface area contributed by atoms with Gasteiger partial charge in [0, 0.05) is 18.1 Å². The van der Waals surface area contributed by atoms with Crippen molar-refractivity contribution in [2.24, 2.45) is 0 Å². The topological polar surface area (TPSA) is 41.5 Å². The van der Waals surface area contributed by atoms with Gasteiger partial charge in [-0.25, -0.2) is 0 Å². The van der Waals surface area contributed by atoms with Gasteiger partial charge in [0.1, 0.15) is 0 Å². The Morgan fingerprint density at radius 1 is 1.04 bits per heavy atom. The lowest BCUT2D eigenvalue weighted by Gasteiger charge is -2.16. The van der Waals surface area contributed by atoms with Crippen LogP contribution < -0.4 is 5.32 Å². The minimum absolute atomic E-state index is 0.315. The van der Waals surface area contributed by atoms with Gasteiger partial charge in [0.25, 0.3) is 0 Å². The van der Waals surface area contributed by atoms with Crippen LogP contribution in [0.15, 0.2) is 54.6 Å². The van der Waals surface area contributed by atoms with Crippen molar-refractivity contribution in [2.75, 3.05) is 19.7 Å². The molecule has 0 heterocycles. The minimum atomic E-state index is -0.509. The van der Waals surface area contributed by atoms with Gasteiger partial charge in [-0.15, -0.1) is 0 Å². The molecule has 0 spiro atoms. The van der Waals surface area contributed by atoms with Crippen LogP contribution in [-0.2, 0) is 11.3 Å². The normalized spacial score (nSPS) is 13.7. The molecule has 0 aliphatic heterocycles. The smallest absolute Gasteiger partial charge is 0.0897 e. The molecule has 0 fully saturated rings. The summed E-state index contributed by atoms with van der Waals surface area (Å²) in [4.78, 5) is 0. The van der Waals surface area contributed by atoms with Crippen molar-refractivity contribution >= 4 is 11.6 Å². The number of ether oxygens (including phenoxy) is 1. The molecule has 2 atom stereocenters. The second-order valence-corrected chi connectivity index (χ2v) is 6.20. The summed E-state index contributed by atoms with van der Waals surface area (Å²) in [7, 11) is 0. The summed E-state index contributed by atoms with van der Waals surface area (Å²) in [5, 5.41) is 14.0. The van der Waals surface area contributed by atoms with Gasteiger partial charge in [-0.3, -0.25) is 0 Å². The predicted octanol–water partition coefficient (Wildman–Crippen LogP) is 3.61. The number of rotatable bonds is 9. The Balaban J connectivity index is 1.60.